The maximum Gasteiger partial charge on any atom is 0.120 e. The van der Waals surface area contributed by atoms with E-state index in [1.165, 1.54) is 57.8 Å². The summed E-state index contributed by atoms with van der Waals surface area (Å²) >= 11 is 0. The summed E-state index contributed by atoms with van der Waals surface area (Å²) in [6, 6.07) is 5.24. The van der Waals surface area contributed by atoms with Crippen molar-refractivity contribution in [3.8, 4) is 0 Å². The van der Waals surface area contributed by atoms with Gasteiger partial charge in [0.25, 0.3) is 0 Å². The Hall–Kier alpha value is -0.760. The van der Waals surface area contributed by atoms with E-state index in [9.17, 15) is 0 Å². The second kappa shape index (κ2) is 7.00. The highest BCUT2D eigenvalue weighted by Gasteiger charge is 2.33. The molecule has 0 bridgehead atoms. The van der Waals surface area contributed by atoms with Crippen molar-refractivity contribution in [2.24, 2.45) is 11.8 Å². The van der Waals surface area contributed by atoms with Crippen LogP contribution in [-0.2, 0) is 0 Å². The molecule has 2 aliphatic carbocycles. The van der Waals surface area contributed by atoms with Gasteiger partial charge in [0.15, 0.2) is 0 Å². The van der Waals surface area contributed by atoms with E-state index in [1.54, 1.807) is 0 Å². The maximum absolute atomic E-state index is 5.81. The zero-order valence-electron chi connectivity index (χ0n) is 13.7. The molecule has 0 aromatic carbocycles. The second-order valence-electron chi connectivity index (χ2n) is 7.29. The normalized spacial score (nSPS) is 29.4. The topological polar surface area (TPSA) is 25.2 Å². The van der Waals surface area contributed by atoms with Gasteiger partial charge in [-0.25, -0.2) is 0 Å². The Morgan fingerprint density at radius 3 is 2.43 bits per heavy atom. The Bertz CT molecular complexity index is 433. The lowest BCUT2D eigenvalue weighted by atomic mass is 9.71. The molecular weight excluding hydrogens is 258 g/mol. The Kier molecular flexibility index (Phi) is 5.05. The van der Waals surface area contributed by atoms with Gasteiger partial charge in [-0.1, -0.05) is 44.9 Å². The molecule has 3 unspecified atom stereocenters. The van der Waals surface area contributed by atoms with Crippen molar-refractivity contribution in [2.45, 2.75) is 83.7 Å². The Balaban J connectivity index is 1.63. The molecular formula is C19H31NO. The van der Waals surface area contributed by atoms with Crippen molar-refractivity contribution < 1.29 is 4.42 Å². The molecule has 2 heteroatoms. The lowest BCUT2D eigenvalue weighted by Gasteiger charge is -2.40. The summed E-state index contributed by atoms with van der Waals surface area (Å²) in [5.74, 6) is 3.99. The number of furan rings is 1. The number of nitrogens with one attached hydrogen (secondary N) is 1. The van der Waals surface area contributed by atoms with Crippen LogP contribution < -0.4 is 5.32 Å². The van der Waals surface area contributed by atoms with E-state index in [0.29, 0.717) is 12.1 Å². The lowest BCUT2D eigenvalue weighted by molar-refractivity contribution is 0.140. The molecule has 1 aromatic heterocycles. The average Bonchev–Trinajstić information content (AvgIpc) is 2.95. The summed E-state index contributed by atoms with van der Waals surface area (Å²) in [5, 5.41) is 3.90. The number of rotatable bonds is 4. The van der Waals surface area contributed by atoms with Crippen LogP contribution in [0, 0.1) is 18.8 Å². The fourth-order valence-electron chi connectivity index (χ4n) is 4.58. The van der Waals surface area contributed by atoms with Crippen LogP contribution in [-0.4, -0.2) is 6.04 Å². The summed E-state index contributed by atoms with van der Waals surface area (Å²) in [4.78, 5) is 0. The zero-order chi connectivity index (χ0) is 14.7. The highest BCUT2D eigenvalue weighted by molar-refractivity contribution is 5.09. The van der Waals surface area contributed by atoms with Crippen LogP contribution in [0.1, 0.15) is 82.3 Å². The van der Waals surface area contributed by atoms with E-state index in [1.807, 2.05) is 6.92 Å². The molecule has 0 spiro atoms. The van der Waals surface area contributed by atoms with Gasteiger partial charge in [0.2, 0.25) is 0 Å². The van der Waals surface area contributed by atoms with Gasteiger partial charge in [-0.2, -0.15) is 0 Å². The number of hydrogen-bond acceptors (Lipinski definition) is 2. The molecule has 1 aromatic rings. The Morgan fingerprint density at radius 2 is 1.71 bits per heavy atom. The fraction of sp³-hybridized carbons (Fsp3) is 0.789. The minimum atomic E-state index is 0.341. The molecule has 0 radical (unpaired) electrons. The van der Waals surface area contributed by atoms with Crippen LogP contribution >= 0.6 is 0 Å². The predicted octanol–water partition coefficient (Wildman–Crippen LogP) is 5.38. The summed E-state index contributed by atoms with van der Waals surface area (Å²) in [6.45, 7) is 4.28. The molecule has 2 aliphatic rings. The Morgan fingerprint density at radius 1 is 1.00 bits per heavy atom. The SMILES string of the molecule is Cc1ccc(C(C)NC2CCCCC2C2CCCCC2)o1. The van der Waals surface area contributed by atoms with Gasteiger partial charge in [0, 0.05) is 6.04 Å². The van der Waals surface area contributed by atoms with E-state index in [0.717, 1.165) is 23.4 Å². The van der Waals surface area contributed by atoms with E-state index >= 15 is 0 Å². The van der Waals surface area contributed by atoms with E-state index < -0.39 is 0 Å². The predicted molar refractivity (Wildman–Crippen MR) is 87.3 cm³/mol. The third-order valence-electron chi connectivity index (χ3n) is 5.73. The molecule has 1 N–H and O–H groups in total. The quantitative estimate of drug-likeness (QED) is 0.805. The maximum atomic E-state index is 5.81. The minimum Gasteiger partial charge on any atom is -0.465 e. The first-order chi connectivity index (χ1) is 10.2. The molecule has 0 saturated heterocycles. The van der Waals surface area contributed by atoms with Gasteiger partial charge < -0.3 is 9.73 Å². The molecule has 0 amide bonds. The van der Waals surface area contributed by atoms with Crippen LogP contribution in [0.25, 0.3) is 0 Å². The highest BCUT2D eigenvalue weighted by Crippen LogP contribution is 2.39. The van der Waals surface area contributed by atoms with Crippen molar-refractivity contribution in [3.63, 3.8) is 0 Å². The van der Waals surface area contributed by atoms with Crippen molar-refractivity contribution in [3.05, 3.63) is 23.7 Å². The first-order valence-corrected chi connectivity index (χ1v) is 9.06. The summed E-state index contributed by atoms with van der Waals surface area (Å²) in [6.07, 6.45) is 12.9. The van der Waals surface area contributed by atoms with Gasteiger partial charge in [0.1, 0.15) is 11.5 Å². The molecule has 2 fully saturated rings. The smallest absolute Gasteiger partial charge is 0.120 e. The molecule has 2 nitrogen and oxygen atoms in total. The van der Waals surface area contributed by atoms with Gasteiger partial charge in [-0.3, -0.25) is 0 Å². The molecule has 3 rings (SSSR count). The fourth-order valence-corrected chi connectivity index (χ4v) is 4.58. The molecule has 1 heterocycles. The van der Waals surface area contributed by atoms with Gasteiger partial charge in [-0.05, 0) is 50.7 Å². The molecule has 2 saturated carbocycles. The number of hydrogen-bond donors (Lipinski definition) is 1. The van der Waals surface area contributed by atoms with Crippen molar-refractivity contribution >= 4 is 0 Å². The van der Waals surface area contributed by atoms with Crippen LogP contribution in [0.3, 0.4) is 0 Å². The molecule has 3 atom stereocenters. The van der Waals surface area contributed by atoms with Gasteiger partial charge >= 0.3 is 0 Å². The van der Waals surface area contributed by atoms with E-state index in [-0.39, 0.29) is 0 Å². The van der Waals surface area contributed by atoms with Crippen LogP contribution in [0.2, 0.25) is 0 Å². The van der Waals surface area contributed by atoms with Crippen LogP contribution in [0.15, 0.2) is 16.5 Å². The second-order valence-corrected chi connectivity index (χ2v) is 7.29. The lowest BCUT2D eigenvalue weighted by Crippen LogP contribution is -2.43. The third kappa shape index (κ3) is 3.71. The van der Waals surface area contributed by atoms with Crippen LogP contribution in [0.4, 0.5) is 0 Å². The third-order valence-corrected chi connectivity index (χ3v) is 5.73. The van der Waals surface area contributed by atoms with E-state index in [2.05, 4.69) is 24.4 Å². The first-order valence-electron chi connectivity index (χ1n) is 9.06. The van der Waals surface area contributed by atoms with Crippen molar-refractivity contribution in [1.82, 2.24) is 5.32 Å². The summed E-state index contributed by atoms with van der Waals surface area (Å²) in [5.41, 5.74) is 0. The Labute approximate surface area is 129 Å². The molecule has 118 valence electrons. The summed E-state index contributed by atoms with van der Waals surface area (Å²) < 4.78 is 5.81. The van der Waals surface area contributed by atoms with Gasteiger partial charge in [-0.15, -0.1) is 0 Å². The number of aryl methyl sites for hydroxylation is 1. The molecule has 21 heavy (non-hydrogen) atoms. The monoisotopic (exact) mass is 289 g/mol. The summed E-state index contributed by atoms with van der Waals surface area (Å²) in [7, 11) is 0. The largest absolute Gasteiger partial charge is 0.465 e. The molecule has 0 aliphatic heterocycles. The van der Waals surface area contributed by atoms with Crippen LogP contribution in [0.5, 0.6) is 0 Å². The van der Waals surface area contributed by atoms with Gasteiger partial charge in [0.05, 0.1) is 6.04 Å². The van der Waals surface area contributed by atoms with Crippen molar-refractivity contribution in [2.75, 3.05) is 0 Å². The standard InChI is InChI=1S/C19H31NO/c1-14-12-13-19(21-14)15(2)20-18-11-7-6-10-17(18)16-8-4-3-5-9-16/h12-13,15-18,20H,3-11H2,1-2H3. The van der Waals surface area contributed by atoms with E-state index in [4.69, 9.17) is 4.42 Å². The zero-order valence-corrected chi connectivity index (χ0v) is 13.7. The first kappa shape index (κ1) is 15.1. The van der Waals surface area contributed by atoms with Crippen molar-refractivity contribution in [1.29, 1.82) is 0 Å². The average molecular weight is 289 g/mol. The highest BCUT2D eigenvalue weighted by atomic mass is 16.3. The minimum absolute atomic E-state index is 0.341.